The molecule has 0 bridgehead atoms. The molecule has 2 heterocycles. The zero-order chi connectivity index (χ0) is 14.7. The van der Waals surface area contributed by atoms with Crippen molar-refractivity contribution in [1.29, 1.82) is 0 Å². The second-order valence-electron chi connectivity index (χ2n) is 4.71. The summed E-state index contributed by atoms with van der Waals surface area (Å²) in [5.74, 6) is -0.105. The number of halogens is 1. The predicted octanol–water partition coefficient (Wildman–Crippen LogP) is 3.21. The number of aryl methyl sites for hydroxylation is 3. The largest absolute Gasteiger partial charge is 0.342 e. The molecule has 0 spiro atoms. The Kier molecular flexibility index (Phi) is 4.65. The van der Waals surface area contributed by atoms with Crippen LogP contribution in [0.1, 0.15) is 36.5 Å². The van der Waals surface area contributed by atoms with Gasteiger partial charge in [-0.15, -0.1) is 0 Å². The van der Waals surface area contributed by atoms with Gasteiger partial charge in [0.15, 0.2) is 0 Å². The quantitative estimate of drug-likeness (QED) is 0.909. The van der Waals surface area contributed by atoms with Gasteiger partial charge in [0.25, 0.3) is 5.91 Å². The molecule has 1 N–H and O–H groups in total. The lowest BCUT2D eigenvalue weighted by molar-refractivity contribution is 0.101. The van der Waals surface area contributed by atoms with E-state index in [4.69, 9.17) is 0 Å². The highest BCUT2D eigenvalue weighted by Crippen LogP contribution is 2.19. The first-order chi connectivity index (χ1) is 9.55. The summed E-state index contributed by atoms with van der Waals surface area (Å²) in [6.07, 6.45) is 5.53. The molecular formula is C14H19BrN4O. The average Bonchev–Trinajstić information content (AvgIpc) is 2.93. The van der Waals surface area contributed by atoms with Gasteiger partial charge in [0.1, 0.15) is 5.69 Å². The van der Waals surface area contributed by atoms with Gasteiger partial charge in [0, 0.05) is 30.5 Å². The maximum absolute atomic E-state index is 12.4. The molecule has 0 fully saturated rings. The van der Waals surface area contributed by atoms with Crippen molar-refractivity contribution in [3.63, 3.8) is 0 Å². The Morgan fingerprint density at radius 2 is 2.15 bits per heavy atom. The summed E-state index contributed by atoms with van der Waals surface area (Å²) in [6.45, 7) is 4.93. The summed E-state index contributed by atoms with van der Waals surface area (Å²) in [6, 6.07) is 1.84. The summed E-state index contributed by atoms with van der Waals surface area (Å²) in [5, 5.41) is 7.27. The fourth-order valence-electron chi connectivity index (χ4n) is 2.18. The van der Waals surface area contributed by atoms with E-state index in [0.29, 0.717) is 5.69 Å². The Bertz CT molecular complexity index is 615. The number of rotatable bonds is 5. The smallest absolute Gasteiger partial charge is 0.272 e. The minimum Gasteiger partial charge on any atom is -0.342 e. The molecular weight excluding hydrogens is 320 g/mol. The van der Waals surface area contributed by atoms with Gasteiger partial charge >= 0.3 is 0 Å². The van der Waals surface area contributed by atoms with E-state index in [0.717, 1.165) is 35.2 Å². The van der Waals surface area contributed by atoms with E-state index >= 15 is 0 Å². The fourth-order valence-corrected chi connectivity index (χ4v) is 2.64. The van der Waals surface area contributed by atoms with Crippen LogP contribution in [0.2, 0.25) is 0 Å². The summed E-state index contributed by atoms with van der Waals surface area (Å²) >= 11 is 3.42. The Morgan fingerprint density at radius 3 is 2.80 bits per heavy atom. The number of carbonyl (C=O) groups is 1. The van der Waals surface area contributed by atoms with E-state index in [9.17, 15) is 4.79 Å². The molecule has 2 rings (SSSR count). The molecule has 0 saturated heterocycles. The van der Waals surface area contributed by atoms with Crippen LogP contribution in [0.25, 0.3) is 0 Å². The van der Waals surface area contributed by atoms with Crippen LogP contribution in [0.15, 0.2) is 22.9 Å². The third-order valence-electron chi connectivity index (χ3n) is 3.05. The molecule has 0 aliphatic heterocycles. The molecule has 6 heteroatoms. The van der Waals surface area contributed by atoms with Crippen molar-refractivity contribution in [3.8, 4) is 0 Å². The molecule has 0 aromatic carbocycles. The molecule has 0 atom stereocenters. The molecule has 1 amide bonds. The van der Waals surface area contributed by atoms with Crippen molar-refractivity contribution in [2.45, 2.75) is 33.2 Å². The van der Waals surface area contributed by atoms with Crippen molar-refractivity contribution in [3.05, 3.63) is 34.3 Å². The second-order valence-corrected chi connectivity index (χ2v) is 5.62. The van der Waals surface area contributed by atoms with Gasteiger partial charge in [-0.25, -0.2) is 0 Å². The summed E-state index contributed by atoms with van der Waals surface area (Å²) in [7, 11) is 1.85. The molecule has 20 heavy (non-hydrogen) atoms. The number of hydrogen-bond acceptors (Lipinski definition) is 2. The van der Waals surface area contributed by atoms with Gasteiger partial charge in [-0.05, 0) is 34.8 Å². The van der Waals surface area contributed by atoms with Gasteiger partial charge < -0.3 is 9.88 Å². The van der Waals surface area contributed by atoms with Gasteiger partial charge in [-0.2, -0.15) is 5.10 Å². The number of aromatic nitrogens is 3. The summed E-state index contributed by atoms with van der Waals surface area (Å²) in [4.78, 5) is 12.4. The van der Waals surface area contributed by atoms with Crippen molar-refractivity contribution >= 4 is 27.5 Å². The van der Waals surface area contributed by atoms with Crippen molar-refractivity contribution < 1.29 is 4.79 Å². The van der Waals surface area contributed by atoms with Gasteiger partial charge in [0.2, 0.25) is 0 Å². The normalized spacial score (nSPS) is 10.8. The highest BCUT2D eigenvalue weighted by atomic mass is 79.9. The molecule has 108 valence electrons. The first-order valence-electron chi connectivity index (χ1n) is 6.74. The highest BCUT2D eigenvalue weighted by molar-refractivity contribution is 9.10. The van der Waals surface area contributed by atoms with Crippen LogP contribution in [0.4, 0.5) is 5.69 Å². The van der Waals surface area contributed by atoms with Crippen LogP contribution in [0.5, 0.6) is 0 Å². The van der Waals surface area contributed by atoms with Crippen LogP contribution in [-0.2, 0) is 20.0 Å². The molecule has 2 aromatic rings. The highest BCUT2D eigenvalue weighted by Gasteiger charge is 2.15. The van der Waals surface area contributed by atoms with E-state index < -0.39 is 0 Å². The first-order valence-corrected chi connectivity index (χ1v) is 7.54. The zero-order valence-electron chi connectivity index (χ0n) is 12.0. The molecule has 0 aliphatic carbocycles. The molecule has 5 nitrogen and oxygen atoms in total. The SMILES string of the molecule is CCCn1cc(Br)cc1C(=O)Nc1cn(C)nc1CC. The maximum atomic E-state index is 12.4. The van der Waals surface area contributed by atoms with Gasteiger partial charge in [-0.1, -0.05) is 13.8 Å². The van der Waals surface area contributed by atoms with Crippen LogP contribution in [0, 0.1) is 0 Å². The maximum Gasteiger partial charge on any atom is 0.272 e. The Balaban J connectivity index is 2.23. The Labute approximate surface area is 127 Å². The molecule has 0 aliphatic rings. The lowest BCUT2D eigenvalue weighted by Gasteiger charge is -2.08. The number of carbonyl (C=O) groups excluding carboxylic acids is 1. The number of amides is 1. The van der Waals surface area contributed by atoms with Crippen LogP contribution in [-0.4, -0.2) is 20.3 Å². The number of nitrogens with one attached hydrogen (secondary N) is 1. The molecule has 0 saturated carbocycles. The lowest BCUT2D eigenvalue weighted by Crippen LogP contribution is -2.17. The second kappa shape index (κ2) is 6.26. The van der Waals surface area contributed by atoms with E-state index in [1.807, 2.05) is 37.0 Å². The van der Waals surface area contributed by atoms with Gasteiger partial charge in [-0.3, -0.25) is 9.48 Å². The number of anilines is 1. The van der Waals surface area contributed by atoms with E-state index in [-0.39, 0.29) is 5.91 Å². The van der Waals surface area contributed by atoms with Crippen molar-refractivity contribution in [2.24, 2.45) is 7.05 Å². The van der Waals surface area contributed by atoms with Gasteiger partial charge in [0.05, 0.1) is 11.4 Å². The predicted molar refractivity (Wildman–Crippen MR) is 83.0 cm³/mol. The van der Waals surface area contributed by atoms with Crippen molar-refractivity contribution in [1.82, 2.24) is 14.3 Å². The number of nitrogens with zero attached hydrogens (tertiary/aromatic N) is 3. The van der Waals surface area contributed by atoms with E-state index in [2.05, 4.69) is 33.3 Å². The third-order valence-corrected chi connectivity index (χ3v) is 3.48. The zero-order valence-corrected chi connectivity index (χ0v) is 13.6. The Morgan fingerprint density at radius 1 is 1.40 bits per heavy atom. The number of hydrogen-bond donors (Lipinski definition) is 1. The van der Waals surface area contributed by atoms with Crippen LogP contribution < -0.4 is 5.32 Å². The van der Waals surface area contributed by atoms with Crippen molar-refractivity contribution in [2.75, 3.05) is 5.32 Å². The van der Waals surface area contributed by atoms with Crippen LogP contribution in [0.3, 0.4) is 0 Å². The third kappa shape index (κ3) is 3.12. The average molecular weight is 339 g/mol. The molecule has 0 radical (unpaired) electrons. The topological polar surface area (TPSA) is 51.9 Å². The lowest BCUT2D eigenvalue weighted by atomic mass is 10.3. The Hall–Kier alpha value is -1.56. The van der Waals surface area contributed by atoms with E-state index in [1.54, 1.807) is 4.68 Å². The van der Waals surface area contributed by atoms with E-state index in [1.165, 1.54) is 0 Å². The minimum absolute atomic E-state index is 0.105. The molecule has 2 aromatic heterocycles. The monoisotopic (exact) mass is 338 g/mol. The summed E-state index contributed by atoms with van der Waals surface area (Å²) in [5.41, 5.74) is 2.33. The fraction of sp³-hybridized carbons (Fsp3) is 0.429. The first kappa shape index (κ1) is 14.8. The summed E-state index contributed by atoms with van der Waals surface area (Å²) < 4.78 is 4.59. The standard InChI is InChI=1S/C14H19BrN4O/c1-4-6-19-8-10(15)7-13(19)14(20)16-12-9-18(3)17-11(12)5-2/h7-9H,4-6H2,1-3H3,(H,16,20). The molecule has 0 unspecified atom stereocenters. The van der Waals surface area contributed by atoms with Crippen LogP contribution >= 0.6 is 15.9 Å². The minimum atomic E-state index is -0.105.